The van der Waals surface area contributed by atoms with Gasteiger partial charge in [0.1, 0.15) is 6.61 Å². The summed E-state index contributed by atoms with van der Waals surface area (Å²) in [6.07, 6.45) is 3.06. The highest BCUT2D eigenvalue weighted by Crippen LogP contribution is 2.27. The molecular weight excluding hydrogens is 328 g/mol. The second-order valence-corrected chi connectivity index (χ2v) is 6.87. The molecule has 1 amide bonds. The first-order valence-electron chi connectivity index (χ1n) is 8.00. The number of rotatable bonds is 5. The zero-order valence-corrected chi connectivity index (χ0v) is 14.3. The number of amides is 1. The Labute approximate surface area is 144 Å². The smallest absolute Gasteiger partial charge is 0.308 e. The number of esters is 1. The van der Waals surface area contributed by atoms with Crippen LogP contribution in [-0.2, 0) is 19.1 Å². The standard InChI is InChI=1S/C17H20N2O4S/c1-22-16(21)11-6-8-12(9-7-11)23-10-15(20)19-17-18-13-4-2-3-5-14(13)24-17/h2-5,11-12H,6-10H2,1H3,(H,18,19,20). The summed E-state index contributed by atoms with van der Waals surface area (Å²) in [6, 6.07) is 7.75. The zero-order valence-electron chi connectivity index (χ0n) is 13.5. The van der Waals surface area contributed by atoms with Crippen molar-refractivity contribution in [2.24, 2.45) is 5.92 Å². The Balaban J connectivity index is 1.44. The SMILES string of the molecule is COC(=O)C1CCC(OCC(=O)Nc2nc3ccccc3s2)CC1. The van der Waals surface area contributed by atoms with Gasteiger partial charge in [-0.1, -0.05) is 23.5 Å². The third-order valence-corrected chi connectivity index (χ3v) is 5.15. The molecule has 1 fully saturated rings. The fourth-order valence-electron chi connectivity index (χ4n) is 2.91. The van der Waals surface area contributed by atoms with Gasteiger partial charge in [-0.3, -0.25) is 14.9 Å². The van der Waals surface area contributed by atoms with Gasteiger partial charge in [0.2, 0.25) is 0 Å². The predicted octanol–water partition coefficient (Wildman–Crippen LogP) is 2.98. The van der Waals surface area contributed by atoms with Gasteiger partial charge in [0.15, 0.2) is 5.13 Å². The number of hydrogen-bond donors (Lipinski definition) is 1. The fourth-order valence-corrected chi connectivity index (χ4v) is 3.79. The number of thiazole rings is 1. The minimum atomic E-state index is -0.204. The predicted molar refractivity (Wildman–Crippen MR) is 92.0 cm³/mol. The molecule has 3 rings (SSSR count). The van der Waals surface area contributed by atoms with E-state index < -0.39 is 0 Å². The summed E-state index contributed by atoms with van der Waals surface area (Å²) in [5.74, 6) is -0.391. The molecule has 1 N–H and O–H groups in total. The molecule has 24 heavy (non-hydrogen) atoms. The molecule has 0 atom stereocenters. The lowest BCUT2D eigenvalue weighted by atomic mass is 9.87. The number of benzene rings is 1. The maximum Gasteiger partial charge on any atom is 0.308 e. The van der Waals surface area contributed by atoms with E-state index in [1.807, 2.05) is 24.3 Å². The molecule has 0 radical (unpaired) electrons. The lowest BCUT2D eigenvalue weighted by Gasteiger charge is -2.26. The number of nitrogens with one attached hydrogen (secondary N) is 1. The third kappa shape index (κ3) is 4.10. The molecule has 6 nitrogen and oxygen atoms in total. The summed E-state index contributed by atoms with van der Waals surface area (Å²) >= 11 is 1.44. The van der Waals surface area contributed by atoms with Crippen LogP contribution in [0.3, 0.4) is 0 Å². The quantitative estimate of drug-likeness (QED) is 0.841. The number of carbonyl (C=O) groups excluding carboxylic acids is 2. The van der Waals surface area contributed by atoms with Crippen LogP contribution >= 0.6 is 11.3 Å². The van der Waals surface area contributed by atoms with E-state index >= 15 is 0 Å². The highest BCUT2D eigenvalue weighted by molar-refractivity contribution is 7.22. The molecule has 7 heteroatoms. The monoisotopic (exact) mass is 348 g/mol. The number of methoxy groups -OCH3 is 1. The fraction of sp³-hybridized carbons (Fsp3) is 0.471. The van der Waals surface area contributed by atoms with Gasteiger partial charge in [-0.2, -0.15) is 0 Å². The summed E-state index contributed by atoms with van der Waals surface area (Å²) in [4.78, 5) is 27.9. The van der Waals surface area contributed by atoms with Crippen molar-refractivity contribution in [3.05, 3.63) is 24.3 Å². The summed E-state index contributed by atoms with van der Waals surface area (Å²) in [7, 11) is 1.41. The van der Waals surface area contributed by atoms with Gasteiger partial charge in [0.05, 0.1) is 29.3 Å². The Morgan fingerprint density at radius 2 is 2.00 bits per heavy atom. The molecule has 1 aromatic carbocycles. The molecule has 128 valence electrons. The first kappa shape index (κ1) is 16.9. The second kappa shape index (κ2) is 7.72. The molecule has 0 spiro atoms. The first-order chi connectivity index (χ1) is 11.7. The molecule has 0 aliphatic heterocycles. The summed E-state index contributed by atoms with van der Waals surface area (Å²) in [5.41, 5.74) is 0.875. The maximum absolute atomic E-state index is 12.0. The Kier molecular flexibility index (Phi) is 5.42. The van der Waals surface area contributed by atoms with E-state index in [1.165, 1.54) is 18.4 Å². The lowest BCUT2D eigenvalue weighted by molar-refractivity contribution is -0.148. The molecule has 1 saturated carbocycles. The van der Waals surface area contributed by atoms with E-state index in [9.17, 15) is 9.59 Å². The van der Waals surface area contributed by atoms with Crippen LogP contribution in [0, 0.1) is 5.92 Å². The van der Waals surface area contributed by atoms with Gasteiger partial charge in [-0.15, -0.1) is 0 Å². The van der Waals surface area contributed by atoms with E-state index in [4.69, 9.17) is 9.47 Å². The van der Waals surface area contributed by atoms with Gasteiger partial charge in [-0.05, 0) is 37.8 Å². The summed E-state index contributed by atoms with van der Waals surface area (Å²) < 4.78 is 11.5. The van der Waals surface area contributed by atoms with Crippen LogP contribution in [0.5, 0.6) is 0 Å². The van der Waals surface area contributed by atoms with Crippen LogP contribution in [0.15, 0.2) is 24.3 Å². The summed E-state index contributed by atoms with van der Waals surface area (Å²) in [5, 5.41) is 3.36. The molecular formula is C17H20N2O4S. The van der Waals surface area contributed by atoms with Crippen molar-refractivity contribution >= 4 is 38.6 Å². The lowest BCUT2D eigenvalue weighted by Crippen LogP contribution is -2.29. The van der Waals surface area contributed by atoms with E-state index in [-0.39, 0.29) is 30.5 Å². The van der Waals surface area contributed by atoms with Gasteiger partial charge >= 0.3 is 5.97 Å². The molecule has 2 aromatic rings. The number of nitrogens with zero attached hydrogens (tertiary/aromatic N) is 1. The topological polar surface area (TPSA) is 77.5 Å². The summed E-state index contributed by atoms with van der Waals surface area (Å²) in [6.45, 7) is 0.00346. The van der Waals surface area contributed by atoms with Crippen LogP contribution in [-0.4, -0.2) is 36.7 Å². The number of ether oxygens (including phenoxy) is 2. The molecule has 1 aliphatic rings. The van der Waals surface area contributed by atoms with Crippen LogP contribution < -0.4 is 5.32 Å². The van der Waals surface area contributed by atoms with Crippen LogP contribution in [0.2, 0.25) is 0 Å². The Morgan fingerprint density at radius 1 is 1.25 bits per heavy atom. The van der Waals surface area contributed by atoms with Gasteiger partial charge < -0.3 is 9.47 Å². The normalized spacial score (nSPS) is 20.7. The van der Waals surface area contributed by atoms with Crippen molar-refractivity contribution < 1.29 is 19.1 Å². The van der Waals surface area contributed by atoms with Crippen LogP contribution in [0.25, 0.3) is 10.2 Å². The highest BCUT2D eigenvalue weighted by atomic mass is 32.1. The average molecular weight is 348 g/mol. The van der Waals surface area contributed by atoms with Crippen molar-refractivity contribution in [1.82, 2.24) is 4.98 Å². The highest BCUT2D eigenvalue weighted by Gasteiger charge is 2.27. The van der Waals surface area contributed by atoms with Crippen LogP contribution in [0.4, 0.5) is 5.13 Å². The molecule has 1 aliphatic carbocycles. The number of fused-ring (bicyclic) bond motifs is 1. The van der Waals surface area contributed by atoms with E-state index in [2.05, 4.69) is 10.3 Å². The van der Waals surface area contributed by atoms with Gasteiger partial charge in [0.25, 0.3) is 5.91 Å². The largest absolute Gasteiger partial charge is 0.469 e. The average Bonchev–Trinajstić information content (AvgIpc) is 3.02. The van der Waals surface area contributed by atoms with Crippen molar-refractivity contribution in [1.29, 1.82) is 0 Å². The van der Waals surface area contributed by atoms with E-state index in [1.54, 1.807) is 0 Å². The molecule has 0 saturated heterocycles. The van der Waals surface area contributed by atoms with E-state index in [0.29, 0.717) is 5.13 Å². The number of hydrogen-bond acceptors (Lipinski definition) is 6. The molecule has 0 bridgehead atoms. The second-order valence-electron chi connectivity index (χ2n) is 5.84. The van der Waals surface area contributed by atoms with Crippen molar-refractivity contribution in [2.75, 3.05) is 19.0 Å². The Hall–Kier alpha value is -1.99. The first-order valence-corrected chi connectivity index (χ1v) is 8.82. The molecule has 0 unspecified atom stereocenters. The van der Waals surface area contributed by atoms with Crippen molar-refractivity contribution in [3.8, 4) is 0 Å². The van der Waals surface area contributed by atoms with Crippen LogP contribution in [0.1, 0.15) is 25.7 Å². The number of anilines is 1. The third-order valence-electron chi connectivity index (χ3n) is 4.20. The van der Waals surface area contributed by atoms with Crippen molar-refractivity contribution in [3.63, 3.8) is 0 Å². The van der Waals surface area contributed by atoms with Gasteiger partial charge in [-0.25, -0.2) is 4.98 Å². The Morgan fingerprint density at radius 3 is 2.71 bits per heavy atom. The maximum atomic E-state index is 12.0. The minimum absolute atomic E-state index is 0.00346. The Bertz CT molecular complexity index is 689. The minimum Gasteiger partial charge on any atom is -0.469 e. The van der Waals surface area contributed by atoms with Crippen molar-refractivity contribution in [2.45, 2.75) is 31.8 Å². The molecule has 1 aromatic heterocycles. The van der Waals surface area contributed by atoms with E-state index in [0.717, 1.165) is 35.9 Å². The number of aromatic nitrogens is 1. The van der Waals surface area contributed by atoms with Gasteiger partial charge in [0, 0.05) is 0 Å². The molecule has 1 heterocycles. The number of carbonyl (C=O) groups is 2. The zero-order chi connectivity index (χ0) is 16.9. The number of para-hydroxylation sites is 1.